The number of nitrogens with zero attached hydrogens (tertiary/aromatic N) is 3. The van der Waals surface area contributed by atoms with Crippen molar-refractivity contribution in [2.75, 3.05) is 32.9 Å². The average Bonchev–Trinajstić information content (AvgIpc) is 3.43. The van der Waals surface area contributed by atoms with Crippen molar-refractivity contribution in [3.05, 3.63) is 54.1 Å². The SMILES string of the molecule is CCNC(=NCc1nccn1CCc1ccccc1)NCCCOC1CCOC1. The van der Waals surface area contributed by atoms with Gasteiger partial charge in [-0.15, -0.1) is 0 Å². The van der Waals surface area contributed by atoms with Crippen molar-refractivity contribution in [3.63, 3.8) is 0 Å². The van der Waals surface area contributed by atoms with Crippen molar-refractivity contribution < 1.29 is 9.47 Å². The van der Waals surface area contributed by atoms with Crippen LogP contribution in [-0.2, 0) is 29.0 Å². The lowest BCUT2D eigenvalue weighted by Crippen LogP contribution is -2.38. The van der Waals surface area contributed by atoms with Crippen molar-refractivity contribution in [1.29, 1.82) is 0 Å². The molecule has 29 heavy (non-hydrogen) atoms. The van der Waals surface area contributed by atoms with Crippen molar-refractivity contribution in [2.45, 2.75) is 45.4 Å². The predicted octanol–water partition coefficient (Wildman–Crippen LogP) is 2.38. The molecule has 0 saturated carbocycles. The van der Waals surface area contributed by atoms with E-state index in [1.54, 1.807) is 0 Å². The van der Waals surface area contributed by atoms with Crippen molar-refractivity contribution in [2.24, 2.45) is 4.99 Å². The molecule has 0 spiro atoms. The van der Waals surface area contributed by atoms with Gasteiger partial charge in [-0.1, -0.05) is 30.3 Å². The molecule has 3 rings (SSSR count). The van der Waals surface area contributed by atoms with Gasteiger partial charge in [-0.2, -0.15) is 0 Å². The molecule has 1 aliphatic heterocycles. The van der Waals surface area contributed by atoms with Gasteiger partial charge in [-0.3, -0.25) is 0 Å². The number of hydrogen-bond acceptors (Lipinski definition) is 4. The molecule has 2 heterocycles. The van der Waals surface area contributed by atoms with Crippen LogP contribution in [0.25, 0.3) is 0 Å². The Kier molecular flexibility index (Phi) is 9.00. The largest absolute Gasteiger partial charge is 0.379 e. The summed E-state index contributed by atoms with van der Waals surface area (Å²) in [4.78, 5) is 9.18. The van der Waals surface area contributed by atoms with E-state index in [1.165, 1.54) is 5.56 Å². The summed E-state index contributed by atoms with van der Waals surface area (Å²) in [6.45, 7) is 7.46. The van der Waals surface area contributed by atoms with Crippen LogP contribution < -0.4 is 10.6 Å². The number of aryl methyl sites for hydroxylation is 2. The van der Waals surface area contributed by atoms with Crippen molar-refractivity contribution >= 4 is 5.96 Å². The summed E-state index contributed by atoms with van der Waals surface area (Å²) >= 11 is 0. The van der Waals surface area contributed by atoms with E-state index < -0.39 is 0 Å². The minimum atomic E-state index is 0.270. The second-order valence-corrected chi connectivity index (χ2v) is 7.10. The van der Waals surface area contributed by atoms with E-state index in [-0.39, 0.29) is 6.10 Å². The molecule has 2 N–H and O–H groups in total. The molecular weight excluding hydrogens is 366 g/mol. The van der Waals surface area contributed by atoms with Crippen molar-refractivity contribution in [3.8, 4) is 0 Å². The fourth-order valence-electron chi connectivity index (χ4n) is 3.25. The molecule has 0 aliphatic carbocycles. The van der Waals surface area contributed by atoms with Crippen LogP contribution in [0, 0.1) is 0 Å². The molecule has 7 heteroatoms. The Bertz CT molecular complexity index is 726. The van der Waals surface area contributed by atoms with Gasteiger partial charge in [0.15, 0.2) is 5.96 Å². The maximum Gasteiger partial charge on any atom is 0.191 e. The Morgan fingerprint density at radius 2 is 2.21 bits per heavy atom. The van der Waals surface area contributed by atoms with E-state index in [0.717, 1.165) is 70.5 Å². The molecule has 7 nitrogen and oxygen atoms in total. The minimum Gasteiger partial charge on any atom is -0.379 e. The number of benzene rings is 1. The van der Waals surface area contributed by atoms with Crippen LogP contribution in [0.3, 0.4) is 0 Å². The van der Waals surface area contributed by atoms with Crippen LogP contribution in [-0.4, -0.2) is 54.5 Å². The third-order valence-corrected chi connectivity index (χ3v) is 4.86. The number of imidazole rings is 1. The molecular formula is C22H33N5O2. The molecule has 1 atom stereocenters. The van der Waals surface area contributed by atoms with Gasteiger partial charge in [0.25, 0.3) is 0 Å². The first-order valence-electron chi connectivity index (χ1n) is 10.6. The third-order valence-electron chi connectivity index (χ3n) is 4.86. The molecule has 158 valence electrons. The standard InChI is InChI=1S/C22H33N5O2/c1-2-23-22(25-11-6-15-29-20-10-16-28-18-20)26-17-21-24-12-14-27(21)13-9-19-7-4-3-5-8-19/h3-5,7-8,12,14,20H,2,6,9-11,13,15-18H2,1H3,(H2,23,25,26). The van der Waals surface area contributed by atoms with Crippen LogP contribution in [0.4, 0.5) is 0 Å². The highest BCUT2D eigenvalue weighted by molar-refractivity contribution is 5.79. The van der Waals surface area contributed by atoms with Crippen LogP contribution in [0.15, 0.2) is 47.7 Å². The summed E-state index contributed by atoms with van der Waals surface area (Å²) in [7, 11) is 0. The molecule has 0 amide bonds. The Labute approximate surface area is 173 Å². The predicted molar refractivity (Wildman–Crippen MR) is 115 cm³/mol. The van der Waals surface area contributed by atoms with Crippen LogP contribution in [0.1, 0.15) is 31.2 Å². The Morgan fingerprint density at radius 3 is 3.00 bits per heavy atom. The highest BCUT2D eigenvalue weighted by Gasteiger charge is 2.15. The van der Waals surface area contributed by atoms with E-state index in [9.17, 15) is 0 Å². The second-order valence-electron chi connectivity index (χ2n) is 7.10. The monoisotopic (exact) mass is 399 g/mol. The number of ether oxygens (including phenoxy) is 2. The first kappa shape index (κ1) is 21.3. The number of rotatable bonds is 11. The van der Waals surface area contributed by atoms with Gasteiger partial charge in [0.2, 0.25) is 0 Å². The lowest BCUT2D eigenvalue weighted by molar-refractivity contribution is 0.0420. The fourth-order valence-corrected chi connectivity index (χ4v) is 3.25. The Balaban J connectivity index is 1.42. The Hall–Kier alpha value is -2.38. The molecule has 0 radical (unpaired) electrons. The van der Waals surface area contributed by atoms with Gasteiger partial charge in [0, 0.05) is 45.2 Å². The summed E-state index contributed by atoms with van der Waals surface area (Å²) in [6.07, 6.45) is 7.07. The Morgan fingerprint density at radius 1 is 1.31 bits per heavy atom. The summed E-state index contributed by atoms with van der Waals surface area (Å²) in [5, 5.41) is 6.67. The number of nitrogens with one attached hydrogen (secondary N) is 2. The summed E-state index contributed by atoms with van der Waals surface area (Å²) in [5.74, 6) is 1.79. The van der Waals surface area contributed by atoms with E-state index in [0.29, 0.717) is 6.54 Å². The summed E-state index contributed by atoms with van der Waals surface area (Å²) in [6, 6.07) is 10.5. The fraction of sp³-hybridized carbons (Fsp3) is 0.545. The lowest BCUT2D eigenvalue weighted by atomic mass is 10.1. The number of aromatic nitrogens is 2. The van der Waals surface area contributed by atoms with E-state index in [4.69, 9.17) is 14.5 Å². The highest BCUT2D eigenvalue weighted by Crippen LogP contribution is 2.08. The average molecular weight is 400 g/mol. The van der Waals surface area contributed by atoms with Crippen LogP contribution in [0.2, 0.25) is 0 Å². The second kappa shape index (κ2) is 12.2. The van der Waals surface area contributed by atoms with Gasteiger partial charge in [-0.25, -0.2) is 9.98 Å². The molecule has 1 saturated heterocycles. The van der Waals surface area contributed by atoms with E-state index in [2.05, 4.69) is 51.4 Å². The first-order valence-corrected chi connectivity index (χ1v) is 10.6. The van der Waals surface area contributed by atoms with Gasteiger partial charge in [0.05, 0.1) is 12.7 Å². The third kappa shape index (κ3) is 7.51. The molecule has 1 unspecified atom stereocenters. The zero-order valence-corrected chi connectivity index (χ0v) is 17.3. The van der Waals surface area contributed by atoms with E-state index >= 15 is 0 Å². The molecule has 0 bridgehead atoms. The van der Waals surface area contributed by atoms with Gasteiger partial charge in [-0.05, 0) is 31.7 Å². The molecule has 2 aromatic rings. The summed E-state index contributed by atoms with van der Waals surface area (Å²) < 4.78 is 13.3. The zero-order valence-electron chi connectivity index (χ0n) is 17.3. The maximum absolute atomic E-state index is 5.80. The molecule has 1 aromatic carbocycles. The number of hydrogen-bond donors (Lipinski definition) is 2. The normalized spacial score (nSPS) is 16.9. The van der Waals surface area contributed by atoms with Gasteiger partial charge >= 0.3 is 0 Å². The van der Waals surface area contributed by atoms with E-state index in [1.807, 2.05) is 18.5 Å². The molecule has 1 aromatic heterocycles. The molecule has 1 aliphatic rings. The van der Waals surface area contributed by atoms with Crippen LogP contribution in [0.5, 0.6) is 0 Å². The van der Waals surface area contributed by atoms with Gasteiger partial charge < -0.3 is 24.7 Å². The highest BCUT2D eigenvalue weighted by atomic mass is 16.5. The first-order chi connectivity index (χ1) is 14.3. The quantitative estimate of drug-likeness (QED) is 0.345. The molecule has 1 fully saturated rings. The smallest absolute Gasteiger partial charge is 0.191 e. The maximum atomic E-state index is 5.80. The summed E-state index contributed by atoms with van der Waals surface area (Å²) in [5.41, 5.74) is 1.33. The van der Waals surface area contributed by atoms with Crippen LogP contribution >= 0.6 is 0 Å². The number of guanidine groups is 1. The topological polar surface area (TPSA) is 72.7 Å². The van der Waals surface area contributed by atoms with Crippen molar-refractivity contribution in [1.82, 2.24) is 20.2 Å². The number of aliphatic imine (C=N–C) groups is 1. The zero-order chi connectivity index (χ0) is 20.2. The minimum absolute atomic E-state index is 0.270. The lowest BCUT2D eigenvalue weighted by Gasteiger charge is -2.13. The van der Waals surface area contributed by atoms with Gasteiger partial charge in [0.1, 0.15) is 12.4 Å².